The van der Waals surface area contributed by atoms with E-state index in [2.05, 4.69) is 5.10 Å². The molecule has 37 heavy (non-hydrogen) atoms. The topological polar surface area (TPSA) is 139 Å². The summed E-state index contributed by atoms with van der Waals surface area (Å²) in [6.45, 7) is 5.12. The van der Waals surface area contributed by atoms with Gasteiger partial charge in [-0.25, -0.2) is 23.9 Å². The number of carbonyl (C=O) groups is 3. The number of nitrogens with zero attached hydrogens (tertiary/aromatic N) is 3. The molecule has 0 radical (unpaired) electrons. The van der Waals surface area contributed by atoms with Crippen LogP contribution >= 0.6 is 0 Å². The van der Waals surface area contributed by atoms with Crippen LogP contribution in [0.1, 0.15) is 59.3 Å². The summed E-state index contributed by atoms with van der Waals surface area (Å²) in [5.74, 6) is -1.61. The highest BCUT2D eigenvalue weighted by molar-refractivity contribution is 5.89. The Bertz CT molecular complexity index is 1320. The fourth-order valence-corrected chi connectivity index (χ4v) is 3.39. The number of carboxylic acids is 1. The summed E-state index contributed by atoms with van der Waals surface area (Å²) in [4.78, 5) is 48.3. The first-order valence-electron chi connectivity index (χ1n) is 11.6. The summed E-state index contributed by atoms with van der Waals surface area (Å²) in [5, 5.41) is 13.5. The van der Waals surface area contributed by atoms with Gasteiger partial charge in [-0.1, -0.05) is 19.1 Å². The van der Waals surface area contributed by atoms with Gasteiger partial charge in [0.2, 0.25) is 0 Å². The van der Waals surface area contributed by atoms with E-state index in [0.29, 0.717) is 30.1 Å². The summed E-state index contributed by atoms with van der Waals surface area (Å²) in [7, 11) is 1.30. The minimum Gasteiger partial charge on any atom is -0.478 e. The van der Waals surface area contributed by atoms with Crippen molar-refractivity contribution < 1.29 is 33.7 Å². The largest absolute Gasteiger partial charge is 0.478 e. The quantitative estimate of drug-likeness (QED) is 0.385. The van der Waals surface area contributed by atoms with Gasteiger partial charge < -0.3 is 19.3 Å². The summed E-state index contributed by atoms with van der Waals surface area (Å²) in [6.07, 6.45) is 0.675. The maximum absolute atomic E-state index is 12.9. The van der Waals surface area contributed by atoms with E-state index in [1.807, 2.05) is 6.92 Å². The molecule has 3 aromatic rings. The maximum Gasteiger partial charge on any atom is 0.347 e. The van der Waals surface area contributed by atoms with Crippen LogP contribution in [0, 0.1) is 0 Å². The second-order valence-electron chi connectivity index (χ2n) is 8.71. The zero-order valence-electron chi connectivity index (χ0n) is 21.1. The zero-order chi connectivity index (χ0) is 27.2. The molecule has 11 heteroatoms. The van der Waals surface area contributed by atoms with Crippen LogP contribution in [0.5, 0.6) is 5.75 Å². The van der Waals surface area contributed by atoms with Crippen LogP contribution in [-0.4, -0.2) is 50.1 Å². The molecule has 0 fully saturated rings. The number of aliphatic carboxylic acids is 1. The van der Waals surface area contributed by atoms with E-state index < -0.39 is 23.5 Å². The smallest absolute Gasteiger partial charge is 0.347 e. The van der Waals surface area contributed by atoms with Crippen LogP contribution in [0.2, 0.25) is 0 Å². The van der Waals surface area contributed by atoms with Crippen molar-refractivity contribution in [2.75, 3.05) is 7.11 Å². The highest BCUT2D eigenvalue weighted by Gasteiger charge is 2.29. The number of ether oxygens (including phenoxy) is 3. The molecule has 2 aromatic carbocycles. The second kappa shape index (κ2) is 11.5. The molecular formula is C26H29N3O8. The molecule has 0 spiro atoms. The van der Waals surface area contributed by atoms with Crippen LogP contribution in [0.3, 0.4) is 0 Å². The predicted molar refractivity (Wildman–Crippen MR) is 132 cm³/mol. The van der Waals surface area contributed by atoms with Crippen LogP contribution in [0.25, 0.3) is 0 Å². The van der Waals surface area contributed by atoms with Crippen molar-refractivity contribution in [2.45, 2.75) is 52.5 Å². The highest BCUT2D eigenvalue weighted by Crippen LogP contribution is 2.20. The van der Waals surface area contributed by atoms with Crippen molar-refractivity contribution in [2.24, 2.45) is 0 Å². The molecular weight excluding hydrogens is 482 g/mol. The monoisotopic (exact) mass is 511 g/mol. The van der Waals surface area contributed by atoms with Gasteiger partial charge in [0.15, 0.2) is 18.0 Å². The Morgan fingerprint density at radius 1 is 0.973 bits per heavy atom. The number of rotatable bonds is 11. The SMILES string of the molecule is CCCn1c(COC(=O)c2ccc(OC(C)(C)C(=O)O)cc2)nn(Cc2ccc(C(=O)OC)cc2)c1=O. The van der Waals surface area contributed by atoms with Gasteiger partial charge in [0.25, 0.3) is 0 Å². The molecule has 196 valence electrons. The number of aromatic nitrogens is 3. The number of carboxylic acid groups (broad SMARTS) is 1. The van der Waals surface area contributed by atoms with Crippen molar-refractivity contribution in [3.63, 3.8) is 0 Å². The lowest BCUT2D eigenvalue weighted by atomic mass is 10.1. The van der Waals surface area contributed by atoms with E-state index in [1.165, 1.54) is 54.5 Å². The summed E-state index contributed by atoms with van der Waals surface area (Å²) in [5.41, 5.74) is -0.379. The number of methoxy groups -OCH3 is 1. The molecule has 0 aliphatic carbocycles. The first-order chi connectivity index (χ1) is 17.6. The van der Waals surface area contributed by atoms with Gasteiger partial charge in [-0.15, -0.1) is 0 Å². The third kappa shape index (κ3) is 6.63. The van der Waals surface area contributed by atoms with E-state index in [9.17, 15) is 24.3 Å². The standard InChI is InChI=1S/C26H29N3O8/c1-5-14-28-21(27-29(25(28)34)15-17-6-8-18(9-7-17)22(30)35-4)16-36-23(31)19-10-12-20(13-11-19)37-26(2,3)24(32)33/h6-13H,5,14-16H2,1-4H3,(H,32,33). The molecule has 1 N–H and O–H groups in total. The fraction of sp³-hybridized carbons (Fsp3) is 0.346. The Labute approximate surface area is 213 Å². The van der Waals surface area contributed by atoms with Gasteiger partial charge in [-0.05, 0) is 62.2 Å². The first kappa shape index (κ1) is 27.2. The lowest BCUT2D eigenvalue weighted by Crippen LogP contribution is -2.37. The minimum absolute atomic E-state index is 0.173. The summed E-state index contributed by atoms with van der Waals surface area (Å²) >= 11 is 0. The Hall–Kier alpha value is -4.41. The van der Waals surface area contributed by atoms with Crippen molar-refractivity contribution >= 4 is 17.9 Å². The van der Waals surface area contributed by atoms with Crippen molar-refractivity contribution in [3.8, 4) is 5.75 Å². The van der Waals surface area contributed by atoms with Gasteiger partial charge in [-0.3, -0.25) is 4.57 Å². The summed E-state index contributed by atoms with van der Waals surface area (Å²) in [6, 6.07) is 12.5. The zero-order valence-corrected chi connectivity index (χ0v) is 21.1. The number of carbonyl (C=O) groups excluding carboxylic acids is 2. The van der Waals surface area contributed by atoms with Crippen molar-refractivity contribution in [1.29, 1.82) is 0 Å². The molecule has 0 unspecified atom stereocenters. The lowest BCUT2D eigenvalue weighted by Gasteiger charge is -2.21. The van der Waals surface area contributed by atoms with E-state index in [4.69, 9.17) is 14.2 Å². The molecule has 0 saturated heterocycles. The average Bonchev–Trinajstić information content (AvgIpc) is 3.16. The van der Waals surface area contributed by atoms with Gasteiger partial charge in [0, 0.05) is 6.54 Å². The van der Waals surface area contributed by atoms with E-state index >= 15 is 0 Å². The molecule has 1 aromatic heterocycles. The van der Waals surface area contributed by atoms with Gasteiger partial charge >= 0.3 is 23.6 Å². The Balaban J connectivity index is 1.70. The number of hydrogen-bond donors (Lipinski definition) is 1. The number of hydrogen-bond acceptors (Lipinski definition) is 8. The van der Waals surface area contributed by atoms with E-state index in [1.54, 1.807) is 24.3 Å². The van der Waals surface area contributed by atoms with Crippen LogP contribution in [0.15, 0.2) is 53.3 Å². The molecule has 11 nitrogen and oxygen atoms in total. The highest BCUT2D eigenvalue weighted by atomic mass is 16.5. The van der Waals surface area contributed by atoms with Crippen LogP contribution in [-0.2, 0) is 34.0 Å². The lowest BCUT2D eigenvalue weighted by molar-refractivity contribution is -0.152. The first-order valence-corrected chi connectivity index (χ1v) is 11.6. The van der Waals surface area contributed by atoms with Crippen molar-refractivity contribution in [1.82, 2.24) is 14.3 Å². The average molecular weight is 512 g/mol. The molecule has 0 atom stereocenters. The van der Waals surface area contributed by atoms with Gasteiger partial charge in [-0.2, -0.15) is 5.10 Å². The molecule has 0 bridgehead atoms. The Morgan fingerprint density at radius 3 is 2.14 bits per heavy atom. The number of benzene rings is 2. The minimum atomic E-state index is -1.42. The molecule has 0 aliphatic heterocycles. The summed E-state index contributed by atoms with van der Waals surface area (Å²) < 4.78 is 18.3. The number of esters is 2. The molecule has 0 amide bonds. The van der Waals surface area contributed by atoms with Crippen LogP contribution < -0.4 is 10.4 Å². The third-order valence-corrected chi connectivity index (χ3v) is 5.46. The maximum atomic E-state index is 12.9. The molecule has 1 heterocycles. The Kier molecular flexibility index (Phi) is 8.49. The fourth-order valence-electron chi connectivity index (χ4n) is 3.39. The normalized spacial score (nSPS) is 11.1. The molecule has 0 saturated carbocycles. The van der Waals surface area contributed by atoms with E-state index in [-0.39, 0.29) is 24.4 Å². The van der Waals surface area contributed by atoms with Crippen LogP contribution in [0.4, 0.5) is 0 Å². The molecule has 0 aliphatic rings. The van der Waals surface area contributed by atoms with Gasteiger partial charge in [0.1, 0.15) is 5.75 Å². The third-order valence-electron chi connectivity index (χ3n) is 5.46. The van der Waals surface area contributed by atoms with E-state index in [0.717, 1.165) is 5.56 Å². The van der Waals surface area contributed by atoms with Crippen molar-refractivity contribution in [3.05, 3.63) is 81.5 Å². The Morgan fingerprint density at radius 2 is 1.57 bits per heavy atom. The predicted octanol–water partition coefficient (Wildman–Crippen LogP) is 2.89. The van der Waals surface area contributed by atoms with Gasteiger partial charge in [0.05, 0.1) is 24.8 Å². The molecule has 3 rings (SSSR count). The second-order valence-corrected chi connectivity index (χ2v) is 8.71.